The van der Waals surface area contributed by atoms with E-state index in [1.807, 2.05) is 41.3 Å². The van der Waals surface area contributed by atoms with E-state index in [4.69, 9.17) is 21.1 Å². The lowest BCUT2D eigenvalue weighted by Crippen LogP contribution is -2.41. The van der Waals surface area contributed by atoms with Gasteiger partial charge in [-0.15, -0.1) is 0 Å². The SMILES string of the molecule is COc1cc(Cl)ccc1OC1CCN(C(=O)c2cccc3cccnc23)CC1. The van der Waals surface area contributed by atoms with Crippen LogP contribution in [0.5, 0.6) is 11.5 Å². The van der Waals surface area contributed by atoms with Crippen molar-refractivity contribution in [3.63, 3.8) is 0 Å². The Kier molecular flexibility index (Phi) is 5.35. The molecule has 4 rings (SSSR count). The lowest BCUT2D eigenvalue weighted by atomic mass is 10.0. The molecule has 1 aliphatic rings. The minimum Gasteiger partial charge on any atom is -0.493 e. The van der Waals surface area contributed by atoms with E-state index in [2.05, 4.69) is 4.98 Å². The van der Waals surface area contributed by atoms with Crippen LogP contribution >= 0.6 is 11.6 Å². The number of piperidine rings is 1. The molecule has 28 heavy (non-hydrogen) atoms. The second-order valence-electron chi connectivity index (χ2n) is 6.79. The number of aromatic nitrogens is 1. The number of hydrogen-bond donors (Lipinski definition) is 0. The molecule has 2 aromatic carbocycles. The topological polar surface area (TPSA) is 51.7 Å². The lowest BCUT2D eigenvalue weighted by molar-refractivity contribution is 0.0592. The molecule has 5 nitrogen and oxygen atoms in total. The molecule has 3 aromatic rings. The van der Waals surface area contributed by atoms with E-state index in [0.717, 1.165) is 23.7 Å². The minimum atomic E-state index is 0.0202. The van der Waals surface area contributed by atoms with Gasteiger partial charge in [-0.3, -0.25) is 9.78 Å². The van der Waals surface area contributed by atoms with Crippen LogP contribution in [0.1, 0.15) is 23.2 Å². The minimum absolute atomic E-state index is 0.0202. The fourth-order valence-corrected chi connectivity index (χ4v) is 3.70. The molecule has 1 amide bonds. The van der Waals surface area contributed by atoms with Crippen molar-refractivity contribution in [1.82, 2.24) is 9.88 Å². The van der Waals surface area contributed by atoms with Crippen LogP contribution in [0.25, 0.3) is 10.9 Å². The number of carbonyl (C=O) groups excluding carboxylic acids is 1. The maximum atomic E-state index is 13.0. The Morgan fingerprint density at radius 1 is 1.11 bits per heavy atom. The van der Waals surface area contributed by atoms with Crippen molar-refractivity contribution in [2.24, 2.45) is 0 Å². The number of likely N-dealkylation sites (tertiary alicyclic amines) is 1. The number of para-hydroxylation sites is 1. The zero-order chi connectivity index (χ0) is 19.5. The second-order valence-corrected chi connectivity index (χ2v) is 7.22. The molecular formula is C22H21ClN2O3. The molecule has 1 fully saturated rings. The molecule has 0 aliphatic carbocycles. The maximum absolute atomic E-state index is 13.0. The molecule has 0 unspecified atom stereocenters. The van der Waals surface area contributed by atoms with Gasteiger partial charge in [0.15, 0.2) is 11.5 Å². The Balaban J connectivity index is 1.43. The summed E-state index contributed by atoms with van der Waals surface area (Å²) in [5.41, 5.74) is 1.40. The summed E-state index contributed by atoms with van der Waals surface area (Å²) in [7, 11) is 1.60. The van der Waals surface area contributed by atoms with E-state index in [0.29, 0.717) is 35.2 Å². The molecular weight excluding hydrogens is 376 g/mol. The van der Waals surface area contributed by atoms with Crippen LogP contribution in [0, 0.1) is 0 Å². The third-order valence-electron chi connectivity index (χ3n) is 5.01. The van der Waals surface area contributed by atoms with Crippen LogP contribution in [0.3, 0.4) is 0 Å². The first-order chi connectivity index (χ1) is 13.7. The van der Waals surface area contributed by atoms with Crippen LogP contribution in [0.2, 0.25) is 5.02 Å². The van der Waals surface area contributed by atoms with Gasteiger partial charge in [0.05, 0.1) is 18.2 Å². The van der Waals surface area contributed by atoms with Gasteiger partial charge in [-0.1, -0.05) is 29.8 Å². The Bertz CT molecular complexity index is 995. The third kappa shape index (κ3) is 3.76. The quantitative estimate of drug-likeness (QED) is 0.647. The van der Waals surface area contributed by atoms with Crippen molar-refractivity contribution in [1.29, 1.82) is 0 Å². The van der Waals surface area contributed by atoms with Gasteiger partial charge in [0, 0.05) is 48.6 Å². The van der Waals surface area contributed by atoms with Crippen LogP contribution < -0.4 is 9.47 Å². The van der Waals surface area contributed by atoms with Crippen molar-refractivity contribution in [3.8, 4) is 11.5 Å². The van der Waals surface area contributed by atoms with Crippen LogP contribution in [-0.2, 0) is 0 Å². The highest BCUT2D eigenvalue weighted by molar-refractivity contribution is 6.30. The number of ether oxygens (including phenoxy) is 2. The van der Waals surface area contributed by atoms with Crippen molar-refractivity contribution in [3.05, 3.63) is 65.3 Å². The Labute approximate surface area is 168 Å². The van der Waals surface area contributed by atoms with Gasteiger partial charge in [-0.05, 0) is 24.3 Å². The second kappa shape index (κ2) is 8.07. The van der Waals surface area contributed by atoms with Crippen LogP contribution in [-0.4, -0.2) is 42.1 Å². The highest BCUT2D eigenvalue weighted by Gasteiger charge is 2.26. The van der Waals surface area contributed by atoms with Gasteiger partial charge in [0.2, 0.25) is 0 Å². The van der Waals surface area contributed by atoms with Crippen LogP contribution in [0.4, 0.5) is 0 Å². The predicted octanol–water partition coefficient (Wildman–Crippen LogP) is 4.58. The summed E-state index contributed by atoms with van der Waals surface area (Å²) in [6, 6.07) is 14.9. The highest BCUT2D eigenvalue weighted by Crippen LogP contribution is 2.32. The molecule has 2 heterocycles. The van der Waals surface area contributed by atoms with Gasteiger partial charge in [-0.25, -0.2) is 0 Å². The average molecular weight is 397 g/mol. The summed E-state index contributed by atoms with van der Waals surface area (Å²) in [5, 5.41) is 1.58. The molecule has 1 saturated heterocycles. The summed E-state index contributed by atoms with van der Waals surface area (Å²) in [5.74, 6) is 1.31. The van der Waals surface area contributed by atoms with Gasteiger partial charge in [0.25, 0.3) is 5.91 Å². The number of amides is 1. The standard InChI is InChI=1S/C22H21ClN2O3/c1-27-20-14-16(23)7-8-19(20)28-17-9-12-25(13-10-17)22(26)18-6-2-4-15-5-3-11-24-21(15)18/h2-8,11,14,17H,9-10,12-13H2,1H3. The van der Waals surface area contributed by atoms with Gasteiger partial charge in [0.1, 0.15) is 6.10 Å². The number of hydrogen-bond acceptors (Lipinski definition) is 4. The molecule has 0 N–H and O–H groups in total. The summed E-state index contributed by atoms with van der Waals surface area (Å²) in [6.45, 7) is 1.28. The monoisotopic (exact) mass is 396 g/mol. The molecule has 1 aliphatic heterocycles. The Morgan fingerprint density at radius 2 is 1.89 bits per heavy atom. The highest BCUT2D eigenvalue weighted by atomic mass is 35.5. The Morgan fingerprint density at radius 3 is 2.68 bits per heavy atom. The molecule has 1 aromatic heterocycles. The third-order valence-corrected chi connectivity index (χ3v) is 5.25. The van der Waals surface area contributed by atoms with Crippen molar-refractivity contribution in [2.75, 3.05) is 20.2 Å². The summed E-state index contributed by atoms with van der Waals surface area (Å²) in [4.78, 5) is 19.3. The van der Waals surface area contributed by atoms with E-state index in [9.17, 15) is 4.79 Å². The van der Waals surface area contributed by atoms with E-state index in [1.165, 1.54) is 0 Å². The zero-order valence-corrected chi connectivity index (χ0v) is 16.4. The van der Waals surface area contributed by atoms with E-state index in [1.54, 1.807) is 25.4 Å². The normalized spacial score (nSPS) is 14.9. The fourth-order valence-electron chi connectivity index (χ4n) is 3.54. The molecule has 0 saturated carbocycles. The Hall–Kier alpha value is -2.79. The average Bonchev–Trinajstić information content (AvgIpc) is 2.74. The lowest BCUT2D eigenvalue weighted by Gasteiger charge is -2.32. The maximum Gasteiger partial charge on any atom is 0.256 e. The van der Waals surface area contributed by atoms with Gasteiger partial charge < -0.3 is 14.4 Å². The molecule has 6 heteroatoms. The summed E-state index contributed by atoms with van der Waals surface area (Å²) >= 11 is 6.01. The molecule has 0 atom stereocenters. The molecule has 0 bridgehead atoms. The molecule has 0 spiro atoms. The number of nitrogens with zero attached hydrogens (tertiary/aromatic N) is 2. The number of carbonyl (C=O) groups is 1. The fraction of sp³-hybridized carbons (Fsp3) is 0.273. The number of methoxy groups -OCH3 is 1. The van der Waals surface area contributed by atoms with E-state index in [-0.39, 0.29) is 12.0 Å². The number of fused-ring (bicyclic) bond motifs is 1. The van der Waals surface area contributed by atoms with Crippen molar-refractivity contribution in [2.45, 2.75) is 18.9 Å². The molecule has 144 valence electrons. The molecule has 0 radical (unpaired) electrons. The van der Waals surface area contributed by atoms with E-state index < -0.39 is 0 Å². The smallest absolute Gasteiger partial charge is 0.256 e. The number of pyridine rings is 1. The van der Waals surface area contributed by atoms with E-state index >= 15 is 0 Å². The number of halogens is 1. The van der Waals surface area contributed by atoms with Crippen LogP contribution in [0.15, 0.2) is 54.7 Å². The van der Waals surface area contributed by atoms with Gasteiger partial charge >= 0.3 is 0 Å². The number of rotatable bonds is 4. The van der Waals surface area contributed by atoms with Crippen molar-refractivity contribution >= 4 is 28.4 Å². The summed E-state index contributed by atoms with van der Waals surface area (Å²) in [6.07, 6.45) is 3.27. The first-order valence-corrected chi connectivity index (χ1v) is 9.67. The first-order valence-electron chi connectivity index (χ1n) is 9.29. The predicted molar refractivity (Wildman–Crippen MR) is 109 cm³/mol. The van der Waals surface area contributed by atoms with Crippen molar-refractivity contribution < 1.29 is 14.3 Å². The summed E-state index contributed by atoms with van der Waals surface area (Å²) < 4.78 is 11.4. The number of benzene rings is 2. The first kappa shape index (κ1) is 18.6. The zero-order valence-electron chi connectivity index (χ0n) is 15.6. The largest absolute Gasteiger partial charge is 0.493 e. The van der Waals surface area contributed by atoms with Gasteiger partial charge in [-0.2, -0.15) is 0 Å².